The summed E-state index contributed by atoms with van der Waals surface area (Å²) in [4.78, 5) is 0. The van der Waals surface area contributed by atoms with Crippen molar-refractivity contribution >= 4 is 0 Å². The minimum Gasteiger partial charge on any atom is -0.382 e. The Balaban J connectivity index is 1.87. The first kappa shape index (κ1) is 12.9. The first-order chi connectivity index (χ1) is 7.38. The van der Waals surface area contributed by atoms with Crippen molar-refractivity contribution in [3.05, 3.63) is 0 Å². The Labute approximate surface area is 93.5 Å². The van der Waals surface area contributed by atoms with Crippen LogP contribution in [0.1, 0.15) is 25.7 Å². The molecule has 0 radical (unpaired) electrons. The van der Waals surface area contributed by atoms with Crippen LogP contribution in [0.4, 0.5) is 0 Å². The molecule has 0 heterocycles. The molecular formula is C12H25NO2. The quantitative estimate of drug-likeness (QED) is 0.594. The molecule has 15 heavy (non-hydrogen) atoms. The van der Waals surface area contributed by atoms with E-state index in [1.165, 1.54) is 32.2 Å². The Hall–Kier alpha value is -0.120. The van der Waals surface area contributed by atoms with Gasteiger partial charge in [0.1, 0.15) is 0 Å². The monoisotopic (exact) mass is 215 g/mol. The van der Waals surface area contributed by atoms with Gasteiger partial charge in [0.15, 0.2) is 0 Å². The molecule has 1 N–H and O–H groups in total. The Morgan fingerprint density at radius 1 is 1.13 bits per heavy atom. The summed E-state index contributed by atoms with van der Waals surface area (Å²) in [7, 11) is 3.75. The van der Waals surface area contributed by atoms with E-state index in [0.29, 0.717) is 6.61 Å². The van der Waals surface area contributed by atoms with Gasteiger partial charge >= 0.3 is 0 Å². The summed E-state index contributed by atoms with van der Waals surface area (Å²) in [6.07, 6.45) is 5.37. The van der Waals surface area contributed by atoms with Crippen molar-refractivity contribution in [2.24, 2.45) is 11.8 Å². The Morgan fingerprint density at radius 2 is 1.93 bits per heavy atom. The van der Waals surface area contributed by atoms with Gasteiger partial charge in [-0.25, -0.2) is 0 Å². The van der Waals surface area contributed by atoms with E-state index in [4.69, 9.17) is 9.47 Å². The van der Waals surface area contributed by atoms with Crippen LogP contribution in [0.25, 0.3) is 0 Å². The number of hydrogen-bond donors (Lipinski definition) is 1. The lowest BCUT2D eigenvalue weighted by atomic mass is 9.71. The molecule has 1 fully saturated rings. The van der Waals surface area contributed by atoms with Crippen molar-refractivity contribution in [3.8, 4) is 0 Å². The van der Waals surface area contributed by atoms with Crippen molar-refractivity contribution in [2.75, 3.05) is 40.5 Å². The van der Waals surface area contributed by atoms with E-state index in [-0.39, 0.29) is 0 Å². The van der Waals surface area contributed by atoms with Crippen LogP contribution in [-0.4, -0.2) is 40.5 Å². The molecule has 0 spiro atoms. The van der Waals surface area contributed by atoms with Gasteiger partial charge in [-0.05, 0) is 51.1 Å². The second kappa shape index (κ2) is 8.08. The fourth-order valence-corrected chi connectivity index (χ4v) is 2.24. The summed E-state index contributed by atoms with van der Waals surface area (Å²) in [5.41, 5.74) is 0. The first-order valence-corrected chi connectivity index (χ1v) is 6.09. The molecule has 3 heteroatoms. The molecule has 0 amide bonds. The minimum atomic E-state index is 0.714. The van der Waals surface area contributed by atoms with Crippen LogP contribution < -0.4 is 5.32 Å². The molecule has 2 atom stereocenters. The van der Waals surface area contributed by atoms with Crippen LogP contribution in [0.3, 0.4) is 0 Å². The zero-order valence-corrected chi connectivity index (χ0v) is 10.1. The topological polar surface area (TPSA) is 30.5 Å². The Bertz CT molecular complexity index is 153. The van der Waals surface area contributed by atoms with Gasteiger partial charge in [0.25, 0.3) is 0 Å². The van der Waals surface area contributed by atoms with Gasteiger partial charge in [-0.3, -0.25) is 0 Å². The van der Waals surface area contributed by atoms with Crippen molar-refractivity contribution in [1.29, 1.82) is 0 Å². The lowest BCUT2D eigenvalue weighted by Gasteiger charge is -2.36. The highest BCUT2D eigenvalue weighted by Gasteiger charge is 2.29. The summed E-state index contributed by atoms with van der Waals surface area (Å²) in [5, 5.41) is 3.27. The summed E-state index contributed by atoms with van der Waals surface area (Å²) in [6.45, 7) is 3.54. The number of rotatable bonds is 9. The van der Waals surface area contributed by atoms with Crippen molar-refractivity contribution in [1.82, 2.24) is 5.32 Å². The van der Waals surface area contributed by atoms with Crippen LogP contribution in [0.5, 0.6) is 0 Å². The maximum atomic E-state index is 5.45. The third-order valence-electron chi connectivity index (χ3n) is 3.34. The van der Waals surface area contributed by atoms with E-state index in [0.717, 1.165) is 25.0 Å². The summed E-state index contributed by atoms with van der Waals surface area (Å²) < 4.78 is 10.4. The molecule has 1 aliphatic carbocycles. The van der Waals surface area contributed by atoms with Crippen LogP contribution >= 0.6 is 0 Å². The van der Waals surface area contributed by atoms with E-state index in [1.54, 1.807) is 7.11 Å². The highest BCUT2D eigenvalue weighted by molar-refractivity contribution is 4.81. The fourth-order valence-electron chi connectivity index (χ4n) is 2.24. The molecule has 0 aliphatic heterocycles. The van der Waals surface area contributed by atoms with Gasteiger partial charge in [0.05, 0.1) is 13.2 Å². The normalized spacial score (nSPS) is 25.2. The van der Waals surface area contributed by atoms with E-state index >= 15 is 0 Å². The average Bonchev–Trinajstić information content (AvgIpc) is 2.23. The highest BCUT2D eigenvalue weighted by Crippen LogP contribution is 2.36. The zero-order chi connectivity index (χ0) is 10.9. The lowest BCUT2D eigenvalue weighted by Crippen LogP contribution is -2.33. The van der Waals surface area contributed by atoms with Crippen molar-refractivity contribution in [2.45, 2.75) is 25.7 Å². The summed E-state index contributed by atoms with van der Waals surface area (Å²) in [5.74, 6) is 1.87. The SMILES string of the molecule is CNCC1CCC1CCCOCCOC. The third-order valence-corrected chi connectivity index (χ3v) is 3.34. The minimum absolute atomic E-state index is 0.714. The molecule has 1 saturated carbocycles. The smallest absolute Gasteiger partial charge is 0.0700 e. The van der Waals surface area contributed by atoms with E-state index < -0.39 is 0 Å². The highest BCUT2D eigenvalue weighted by atomic mass is 16.5. The number of ether oxygens (including phenoxy) is 2. The van der Waals surface area contributed by atoms with E-state index in [1.807, 2.05) is 7.05 Å². The van der Waals surface area contributed by atoms with E-state index in [2.05, 4.69) is 5.32 Å². The van der Waals surface area contributed by atoms with Crippen molar-refractivity contribution < 1.29 is 9.47 Å². The zero-order valence-electron chi connectivity index (χ0n) is 10.1. The standard InChI is InChI=1S/C12H25NO2/c1-13-10-12-6-5-11(12)4-3-7-15-9-8-14-2/h11-13H,3-10H2,1-2H3. The molecule has 1 rings (SSSR count). The molecule has 1 aliphatic rings. The molecule has 0 aromatic rings. The van der Waals surface area contributed by atoms with Gasteiger partial charge in [0, 0.05) is 13.7 Å². The van der Waals surface area contributed by atoms with Crippen molar-refractivity contribution in [3.63, 3.8) is 0 Å². The van der Waals surface area contributed by atoms with Crippen LogP contribution in [0, 0.1) is 11.8 Å². The average molecular weight is 215 g/mol. The fraction of sp³-hybridized carbons (Fsp3) is 1.00. The van der Waals surface area contributed by atoms with E-state index in [9.17, 15) is 0 Å². The van der Waals surface area contributed by atoms with Crippen LogP contribution in [0.15, 0.2) is 0 Å². The Kier molecular flexibility index (Phi) is 6.98. The predicted octanol–water partition coefficient (Wildman–Crippen LogP) is 1.68. The maximum Gasteiger partial charge on any atom is 0.0700 e. The lowest BCUT2D eigenvalue weighted by molar-refractivity contribution is 0.0612. The molecule has 0 aromatic heterocycles. The Morgan fingerprint density at radius 3 is 2.53 bits per heavy atom. The second-order valence-electron chi connectivity index (χ2n) is 4.40. The molecule has 3 nitrogen and oxygen atoms in total. The molecule has 0 saturated heterocycles. The van der Waals surface area contributed by atoms with Gasteiger partial charge < -0.3 is 14.8 Å². The second-order valence-corrected chi connectivity index (χ2v) is 4.40. The van der Waals surface area contributed by atoms with Gasteiger partial charge in [0.2, 0.25) is 0 Å². The van der Waals surface area contributed by atoms with Gasteiger partial charge in [-0.15, -0.1) is 0 Å². The largest absolute Gasteiger partial charge is 0.382 e. The predicted molar refractivity (Wildman–Crippen MR) is 62.1 cm³/mol. The van der Waals surface area contributed by atoms with Gasteiger partial charge in [-0.2, -0.15) is 0 Å². The molecule has 90 valence electrons. The number of methoxy groups -OCH3 is 1. The number of hydrogen-bond acceptors (Lipinski definition) is 3. The van der Waals surface area contributed by atoms with Crippen LogP contribution in [-0.2, 0) is 9.47 Å². The maximum absolute atomic E-state index is 5.45. The molecule has 0 aromatic carbocycles. The molecule has 2 unspecified atom stereocenters. The summed E-state index contributed by atoms with van der Waals surface area (Å²) in [6, 6.07) is 0. The van der Waals surface area contributed by atoms with Gasteiger partial charge in [-0.1, -0.05) is 0 Å². The summed E-state index contributed by atoms with van der Waals surface area (Å²) >= 11 is 0. The third kappa shape index (κ3) is 4.96. The molecule has 0 bridgehead atoms. The van der Waals surface area contributed by atoms with Crippen LogP contribution in [0.2, 0.25) is 0 Å². The number of nitrogens with one attached hydrogen (secondary N) is 1. The first-order valence-electron chi connectivity index (χ1n) is 6.09. The molecular weight excluding hydrogens is 190 g/mol.